The van der Waals surface area contributed by atoms with Crippen molar-refractivity contribution >= 4 is 34.4 Å². The first-order valence-corrected chi connectivity index (χ1v) is 5.36. The zero-order valence-corrected chi connectivity index (χ0v) is 9.78. The second-order valence-corrected chi connectivity index (χ2v) is 4.35. The lowest BCUT2D eigenvalue weighted by atomic mass is 10.1. The van der Waals surface area contributed by atoms with Crippen molar-refractivity contribution in [1.29, 1.82) is 0 Å². The van der Waals surface area contributed by atoms with Gasteiger partial charge in [0.05, 0.1) is 0 Å². The van der Waals surface area contributed by atoms with Gasteiger partial charge in [0.25, 0.3) is 0 Å². The molecule has 2 rings (SSSR count). The van der Waals surface area contributed by atoms with Crippen LogP contribution >= 0.6 is 24.4 Å². The van der Waals surface area contributed by atoms with Crippen LogP contribution in [0, 0.1) is 5.92 Å². The van der Waals surface area contributed by atoms with Gasteiger partial charge in [0, 0.05) is 18.2 Å². The van der Waals surface area contributed by atoms with Crippen LogP contribution in [0.3, 0.4) is 0 Å². The van der Waals surface area contributed by atoms with E-state index in [0.29, 0.717) is 5.92 Å². The van der Waals surface area contributed by atoms with Crippen molar-refractivity contribution in [2.24, 2.45) is 5.92 Å². The van der Waals surface area contributed by atoms with Crippen LogP contribution in [0.5, 0.6) is 0 Å². The number of hydrogen-bond acceptors (Lipinski definition) is 2. The monoisotopic (exact) mass is 221 g/mol. The summed E-state index contributed by atoms with van der Waals surface area (Å²) < 4.78 is 0. The standard InChI is InChI=1S/C11H11NS2/c1-7-3-5-8-9(6-4-7)11(14)12(2)10(8)13/h3-7H,1-2H3. The molecule has 0 fully saturated rings. The van der Waals surface area contributed by atoms with Crippen LogP contribution < -0.4 is 0 Å². The molecule has 1 nitrogen and oxygen atoms in total. The normalized spacial score (nSPS) is 22.0. The lowest BCUT2D eigenvalue weighted by Crippen LogP contribution is -2.24. The van der Waals surface area contributed by atoms with Crippen LogP contribution in [-0.2, 0) is 0 Å². The topological polar surface area (TPSA) is 3.24 Å². The number of hydrogen-bond donors (Lipinski definition) is 0. The third kappa shape index (κ3) is 1.37. The van der Waals surface area contributed by atoms with E-state index >= 15 is 0 Å². The van der Waals surface area contributed by atoms with Gasteiger partial charge in [-0.1, -0.05) is 55.7 Å². The molecule has 3 heteroatoms. The lowest BCUT2D eigenvalue weighted by Gasteiger charge is -2.11. The second-order valence-electron chi connectivity index (χ2n) is 3.57. The third-order valence-corrected chi connectivity index (χ3v) is 3.48. The predicted molar refractivity (Wildman–Crippen MR) is 67.4 cm³/mol. The number of likely N-dealkylation sites (N-methyl/N-ethyl adjacent to an activating group) is 1. The predicted octanol–water partition coefficient (Wildman–Crippen LogP) is 2.65. The summed E-state index contributed by atoms with van der Waals surface area (Å²) in [5.41, 5.74) is 2.18. The summed E-state index contributed by atoms with van der Waals surface area (Å²) in [6, 6.07) is 0. The number of allylic oxidation sites excluding steroid dienone is 2. The van der Waals surface area contributed by atoms with Crippen molar-refractivity contribution in [3.8, 4) is 0 Å². The van der Waals surface area contributed by atoms with Crippen molar-refractivity contribution in [1.82, 2.24) is 4.90 Å². The molecule has 1 heterocycles. The molecule has 2 aliphatic rings. The zero-order valence-electron chi connectivity index (χ0n) is 8.15. The van der Waals surface area contributed by atoms with Crippen molar-refractivity contribution in [2.75, 3.05) is 7.05 Å². The first kappa shape index (κ1) is 9.74. The summed E-state index contributed by atoms with van der Waals surface area (Å²) in [4.78, 5) is 3.56. The second kappa shape index (κ2) is 3.41. The van der Waals surface area contributed by atoms with Gasteiger partial charge >= 0.3 is 0 Å². The van der Waals surface area contributed by atoms with E-state index in [4.69, 9.17) is 24.4 Å². The van der Waals surface area contributed by atoms with Gasteiger partial charge in [-0.15, -0.1) is 0 Å². The molecule has 0 atom stereocenters. The van der Waals surface area contributed by atoms with E-state index in [9.17, 15) is 0 Å². The smallest absolute Gasteiger partial charge is 0.114 e. The molecule has 0 saturated heterocycles. The highest BCUT2D eigenvalue weighted by atomic mass is 32.1. The molecule has 1 aliphatic heterocycles. The van der Waals surface area contributed by atoms with E-state index in [2.05, 4.69) is 31.2 Å². The molecule has 0 spiro atoms. The van der Waals surface area contributed by atoms with Crippen LogP contribution in [0.25, 0.3) is 0 Å². The Morgan fingerprint density at radius 3 is 1.93 bits per heavy atom. The SMILES string of the molecule is CC1C=CC2=C(C=C1)C(=S)N(C)C2=S. The first-order valence-electron chi connectivity index (χ1n) is 4.54. The van der Waals surface area contributed by atoms with Crippen molar-refractivity contribution in [2.45, 2.75) is 6.92 Å². The molecule has 0 aromatic heterocycles. The van der Waals surface area contributed by atoms with E-state index in [0.717, 1.165) is 21.1 Å². The highest BCUT2D eigenvalue weighted by Crippen LogP contribution is 2.27. The molecule has 14 heavy (non-hydrogen) atoms. The van der Waals surface area contributed by atoms with Crippen LogP contribution in [0.15, 0.2) is 35.5 Å². The minimum atomic E-state index is 0.455. The van der Waals surface area contributed by atoms with Crippen LogP contribution in [0.2, 0.25) is 0 Å². The molecular formula is C11H11NS2. The fourth-order valence-corrected chi connectivity index (χ4v) is 2.16. The Kier molecular flexibility index (Phi) is 2.37. The third-order valence-electron chi connectivity index (χ3n) is 2.49. The average molecular weight is 221 g/mol. The Balaban J connectivity index is 2.51. The summed E-state index contributed by atoms with van der Waals surface area (Å²) in [5.74, 6) is 0.455. The van der Waals surface area contributed by atoms with E-state index in [1.807, 2.05) is 11.9 Å². The Morgan fingerprint density at radius 2 is 1.50 bits per heavy atom. The molecule has 72 valence electrons. The highest BCUT2D eigenvalue weighted by Gasteiger charge is 2.26. The number of thiocarbonyl (C=S) groups is 2. The van der Waals surface area contributed by atoms with Crippen molar-refractivity contribution < 1.29 is 0 Å². The van der Waals surface area contributed by atoms with E-state index in [-0.39, 0.29) is 0 Å². The lowest BCUT2D eigenvalue weighted by molar-refractivity contribution is 0.800. The molecule has 1 aliphatic carbocycles. The Morgan fingerprint density at radius 1 is 1.07 bits per heavy atom. The van der Waals surface area contributed by atoms with Gasteiger partial charge in [-0.3, -0.25) is 0 Å². The molecule has 0 saturated carbocycles. The molecule has 0 unspecified atom stereocenters. The zero-order chi connectivity index (χ0) is 10.3. The maximum atomic E-state index is 5.31. The minimum Gasteiger partial charge on any atom is -0.326 e. The largest absolute Gasteiger partial charge is 0.326 e. The maximum Gasteiger partial charge on any atom is 0.114 e. The summed E-state index contributed by atoms with van der Waals surface area (Å²) in [7, 11) is 1.92. The van der Waals surface area contributed by atoms with Gasteiger partial charge in [-0.25, -0.2) is 0 Å². The molecule has 0 amide bonds. The Bertz CT molecular complexity index is 366. The summed E-state index contributed by atoms with van der Waals surface area (Å²) in [5, 5.41) is 0. The number of rotatable bonds is 0. The molecular weight excluding hydrogens is 210 g/mol. The molecule has 0 aromatic carbocycles. The molecule has 0 radical (unpaired) electrons. The first-order chi connectivity index (χ1) is 6.61. The van der Waals surface area contributed by atoms with Gasteiger partial charge in [0.2, 0.25) is 0 Å². The summed E-state index contributed by atoms with van der Waals surface area (Å²) in [6.07, 6.45) is 8.45. The number of nitrogens with zero attached hydrogens (tertiary/aromatic N) is 1. The van der Waals surface area contributed by atoms with Crippen molar-refractivity contribution in [3.63, 3.8) is 0 Å². The van der Waals surface area contributed by atoms with Crippen molar-refractivity contribution in [3.05, 3.63) is 35.5 Å². The van der Waals surface area contributed by atoms with E-state index in [1.54, 1.807) is 0 Å². The van der Waals surface area contributed by atoms with Gasteiger partial charge in [-0.05, 0) is 5.92 Å². The quantitative estimate of drug-likeness (QED) is 0.579. The maximum absolute atomic E-state index is 5.31. The van der Waals surface area contributed by atoms with Gasteiger partial charge in [-0.2, -0.15) is 0 Å². The van der Waals surface area contributed by atoms with Crippen LogP contribution in [0.4, 0.5) is 0 Å². The molecule has 0 N–H and O–H groups in total. The van der Waals surface area contributed by atoms with Gasteiger partial charge in [0.15, 0.2) is 0 Å². The van der Waals surface area contributed by atoms with E-state index < -0.39 is 0 Å². The fraction of sp³-hybridized carbons (Fsp3) is 0.273. The van der Waals surface area contributed by atoms with Crippen LogP contribution in [-0.4, -0.2) is 21.9 Å². The Hall–Kier alpha value is -0.800. The van der Waals surface area contributed by atoms with Crippen LogP contribution in [0.1, 0.15) is 6.92 Å². The fourth-order valence-electron chi connectivity index (χ4n) is 1.57. The molecule has 0 bridgehead atoms. The van der Waals surface area contributed by atoms with Gasteiger partial charge in [0.1, 0.15) is 9.98 Å². The highest BCUT2D eigenvalue weighted by molar-refractivity contribution is 7.82. The summed E-state index contributed by atoms with van der Waals surface area (Å²) in [6.45, 7) is 2.14. The molecule has 0 aromatic rings. The van der Waals surface area contributed by atoms with Gasteiger partial charge < -0.3 is 4.90 Å². The van der Waals surface area contributed by atoms with E-state index in [1.165, 1.54) is 0 Å². The summed E-state index contributed by atoms with van der Waals surface area (Å²) >= 11 is 10.6. The minimum absolute atomic E-state index is 0.455. The average Bonchev–Trinajstić information content (AvgIpc) is 2.34. The Labute approximate surface area is 94.8 Å².